The molecule has 1 atom stereocenters. The minimum atomic E-state index is -0.908. The lowest BCUT2D eigenvalue weighted by atomic mass is 10.0. The average Bonchev–Trinajstić information content (AvgIpc) is 2.30. The molecule has 100 valence electrons. The lowest BCUT2D eigenvalue weighted by Crippen LogP contribution is -2.27. The van der Waals surface area contributed by atoms with Crippen molar-refractivity contribution in [2.75, 3.05) is 0 Å². The summed E-state index contributed by atoms with van der Waals surface area (Å²) in [6.07, 6.45) is 0.529. The Morgan fingerprint density at radius 3 is 2.61 bits per heavy atom. The van der Waals surface area contributed by atoms with Gasteiger partial charge in [0, 0.05) is 4.47 Å². The number of carbonyl (C=O) groups is 1. The molecule has 0 saturated carbocycles. The van der Waals surface area contributed by atoms with E-state index in [0.717, 1.165) is 16.5 Å². The van der Waals surface area contributed by atoms with Crippen molar-refractivity contribution in [3.8, 4) is 5.75 Å². The standard InChI is InChI=1S/C14H19BrO3/c1-4-5-13(14(16)17)18-12-7-6-10(15)8-11(12)9(2)3/h6-9,13H,4-5H2,1-3H3,(H,16,17). The van der Waals surface area contributed by atoms with E-state index in [4.69, 9.17) is 9.84 Å². The Morgan fingerprint density at radius 1 is 1.44 bits per heavy atom. The summed E-state index contributed by atoms with van der Waals surface area (Å²) < 4.78 is 6.62. The number of carboxylic acids is 1. The molecule has 0 spiro atoms. The van der Waals surface area contributed by atoms with Crippen LogP contribution >= 0.6 is 15.9 Å². The van der Waals surface area contributed by atoms with Crippen LogP contribution in [-0.2, 0) is 4.79 Å². The van der Waals surface area contributed by atoms with Crippen molar-refractivity contribution < 1.29 is 14.6 Å². The van der Waals surface area contributed by atoms with Gasteiger partial charge in [0.25, 0.3) is 0 Å². The van der Waals surface area contributed by atoms with Crippen LogP contribution in [-0.4, -0.2) is 17.2 Å². The number of ether oxygens (including phenoxy) is 1. The third kappa shape index (κ3) is 4.02. The fourth-order valence-corrected chi connectivity index (χ4v) is 2.10. The molecule has 0 aliphatic heterocycles. The minimum absolute atomic E-state index is 0.286. The van der Waals surface area contributed by atoms with Gasteiger partial charge in [0.05, 0.1) is 0 Å². The molecular formula is C14H19BrO3. The van der Waals surface area contributed by atoms with Crippen molar-refractivity contribution in [1.82, 2.24) is 0 Å². The van der Waals surface area contributed by atoms with E-state index in [1.54, 1.807) is 0 Å². The van der Waals surface area contributed by atoms with E-state index in [2.05, 4.69) is 29.8 Å². The highest BCUT2D eigenvalue weighted by Crippen LogP contribution is 2.30. The Hall–Kier alpha value is -1.03. The van der Waals surface area contributed by atoms with E-state index >= 15 is 0 Å². The predicted octanol–water partition coefficient (Wildman–Crippen LogP) is 4.20. The number of hydrogen-bond acceptors (Lipinski definition) is 2. The van der Waals surface area contributed by atoms with Gasteiger partial charge < -0.3 is 9.84 Å². The number of hydrogen-bond donors (Lipinski definition) is 1. The van der Waals surface area contributed by atoms with Crippen LogP contribution in [0, 0.1) is 0 Å². The van der Waals surface area contributed by atoms with Gasteiger partial charge >= 0.3 is 5.97 Å². The second-order valence-corrected chi connectivity index (χ2v) is 5.49. The molecule has 1 unspecified atom stereocenters. The summed E-state index contributed by atoms with van der Waals surface area (Å²) in [5.41, 5.74) is 1.02. The molecule has 0 aliphatic rings. The zero-order valence-corrected chi connectivity index (χ0v) is 12.5. The zero-order chi connectivity index (χ0) is 13.7. The van der Waals surface area contributed by atoms with Crippen molar-refractivity contribution in [3.05, 3.63) is 28.2 Å². The highest BCUT2D eigenvalue weighted by molar-refractivity contribution is 9.10. The van der Waals surface area contributed by atoms with E-state index in [-0.39, 0.29) is 5.92 Å². The topological polar surface area (TPSA) is 46.5 Å². The summed E-state index contributed by atoms with van der Waals surface area (Å²) in [7, 11) is 0. The molecule has 0 amide bonds. The van der Waals surface area contributed by atoms with Crippen molar-refractivity contribution in [3.63, 3.8) is 0 Å². The lowest BCUT2D eigenvalue weighted by molar-refractivity contribution is -0.145. The van der Waals surface area contributed by atoms with Crippen LogP contribution in [0.25, 0.3) is 0 Å². The van der Waals surface area contributed by atoms with E-state index in [1.165, 1.54) is 0 Å². The van der Waals surface area contributed by atoms with E-state index in [9.17, 15) is 4.79 Å². The monoisotopic (exact) mass is 314 g/mol. The molecule has 3 nitrogen and oxygen atoms in total. The Kier molecular flexibility index (Phi) is 5.66. The highest BCUT2D eigenvalue weighted by Gasteiger charge is 2.20. The molecule has 0 heterocycles. The summed E-state index contributed by atoms with van der Waals surface area (Å²) in [6, 6.07) is 5.67. The normalized spacial score (nSPS) is 12.5. The Bertz CT molecular complexity index is 416. The first-order chi connectivity index (χ1) is 8.45. The molecule has 0 saturated heterocycles. The first-order valence-electron chi connectivity index (χ1n) is 6.14. The molecule has 0 radical (unpaired) electrons. The molecule has 1 rings (SSSR count). The minimum Gasteiger partial charge on any atom is -0.479 e. The number of carboxylic acid groups (broad SMARTS) is 1. The molecule has 0 bridgehead atoms. The molecule has 18 heavy (non-hydrogen) atoms. The maximum atomic E-state index is 11.1. The third-order valence-corrected chi connectivity index (χ3v) is 3.18. The average molecular weight is 315 g/mol. The van der Waals surface area contributed by atoms with Crippen LogP contribution < -0.4 is 4.74 Å². The van der Waals surface area contributed by atoms with Gasteiger partial charge in [-0.1, -0.05) is 43.1 Å². The zero-order valence-electron chi connectivity index (χ0n) is 10.9. The van der Waals surface area contributed by atoms with Crippen molar-refractivity contribution in [1.29, 1.82) is 0 Å². The molecule has 0 aliphatic carbocycles. The van der Waals surface area contributed by atoms with E-state index < -0.39 is 12.1 Å². The van der Waals surface area contributed by atoms with E-state index in [1.807, 2.05) is 25.1 Å². The maximum absolute atomic E-state index is 11.1. The molecular weight excluding hydrogens is 296 g/mol. The van der Waals surface area contributed by atoms with Gasteiger partial charge in [-0.15, -0.1) is 0 Å². The van der Waals surface area contributed by atoms with Crippen LogP contribution in [0.5, 0.6) is 5.75 Å². The second kappa shape index (κ2) is 6.78. The van der Waals surface area contributed by atoms with Gasteiger partial charge in [-0.05, 0) is 36.1 Å². The Labute approximate surface area is 116 Å². The molecule has 0 fully saturated rings. The van der Waals surface area contributed by atoms with Crippen LogP contribution in [0.3, 0.4) is 0 Å². The number of rotatable bonds is 6. The predicted molar refractivity (Wildman–Crippen MR) is 75.2 cm³/mol. The van der Waals surface area contributed by atoms with Gasteiger partial charge in [-0.2, -0.15) is 0 Å². The largest absolute Gasteiger partial charge is 0.479 e. The molecule has 1 aromatic carbocycles. The van der Waals surface area contributed by atoms with Crippen molar-refractivity contribution in [2.24, 2.45) is 0 Å². The van der Waals surface area contributed by atoms with Gasteiger partial charge in [0.2, 0.25) is 0 Å². The summed E-state index contributed by atoms with van der Waals surface area (Å²) in [5.74, 6) is 0.0390. The summed E-state index contributed by atoms with van der Waals surface area (Å²) in [6.45, 7) is 6.07. The van der Waals surface area contributed by atoms with Gasteiger partial charge in [0.1, 0.15) is 5.75 Å². The lowest BCUT2D eigenvalue weighted by Gasteiger charge is -2.19. The van der Waals surface area contributed by atoms with Crippen molar-refractivity contribution >= 4 is 21.9 Å². The molecule has 0 aromatic heterocycles. The summed E-state index contributed by atoms with van der Waals surface area (Å²) in [5, 5.41) is 9.12. The first kappa shape index (κ1) is 15.0. The van der Waals surface area contributed by atoms with Gasteiger partial charge in [-0.25, -0.2) is 4.79 Å². The van der Waals surface area contributed by atoms with Crippen LogP contribution in [0.2, 0.25) is 0 Å². The molecule has 1 aromatic rings. The van der Waals surface area contributed by atoms with Gasteiger partial charge in [0.15, 0.2) is 6.10 Å². The number of halogens is 1. The quantitative estimate of drug-likeness (QED) is 0.855. The van der Waals surface area contributed by atoms with Gasteiger partial charge in [-0.3, -0.25) is 0 Å². The fraction of sp³-hybridized carbons (Fsp3) is 0.500. The van der Waals surface area contributed by atoms with Crippen LogP contribution in [0.15, 0.2) is 22.7 Å². The fourth-order valence-electron chi connectivity index (χ4n) is 1.73. The summed E-state index contributed by atoms with van der Waals surface area (Å²) >= 11 is 3.42. The Balaban J connectivity index is 2.98. The Morgan fingerprint density at radius 2 is 2.11 bits per heavy atom. The van der Waals surface area contributed by atoms with Crippen LogP contribution in [0.4, 0.5) is 0 Å². The van der Waals surface area contributed by atoms with E-state index in [0.29, 0.717) is 12.2 Å². The van der Waals surface area contributed by atoms with Crippen LogP contribution in [0.1, 0.15) is 45.1 Å². The van der Waals surface area contributed by atoms with Crippen molar-refractivity contribution in [2.45, 2.75) is 45.6 Å². The smallest absolute Gasteiger partial charge is 0.344 e. The SMILES string of the molecule is CCCC(Oc1ccc(Br)cc1C(C)C)C(=O)O. The molecule has 4 heteroatoms. The summed E-state index contributed by atoms with van der Waals surface area (Å²) in [4.78, 5) is 11.1. The highest BCUT2D eigenvalue weighted by atomic mass is 79.9. The first-order valence-corrected chi connectivity index (χ1v) is 6.93. The third-order valence-electron chi connectivity index (χ3n) is 2.69. The number of aliphatic carboxylic acids is 1. The maximum Gasteiger partial charge on any atom is 0.344 e. The second-order valence-electron chi connectivity index (χ2n) is 4.57. The number of benzene rings is 1. The molecule has 1 N–H and O–H groups in total.